The van der Waals surface area contributed by atoms with Gasteiger partial charge in [0.05, 0.1) is 13.0 Å². The van der Waals surface area contributed by atoms with Crippen LogP contribution >= 0.6 is 0 Å². The zero-order chi connectivity index (χ0) is 20.0. The van der Waals surface area contributed by atoms with Crippen molar-refractivity contribution in [2.45, 2.75) is 31.8 Å². The molecular formula is C16H14F6O4. The monoisotopic (exact) mass is 384 g/mol. The van der Waals surface area contributed by atoms with E-state index in [1.165, 1.54) is 30.3 Å². The van der Waals surface area contributed by atoms with Crippen molar-refractivity contribution >= 4 is 18.0 Å². The van der Waals surface area contributed by atoms with Crippen LogP contribution in [0.15, 0.2) is 30.3 Å². The zero-order valence-corrected chi connectivity index (χ0v) is 13.4. The van der Waals surface area contributed by atoms with Crippen LogP contribution in [-0.4, -0.2) is 37.0 Å². The maximum Gasteiger partial charge on any atom is 0.434 e. The number of ether oxygens (including phenoxy) is 2. The fraction of sp³-hybridized carbons (Fsp3) is 0.375. The molecule has 0 heterocycles. The Labute approximate surface area is 144 Å². The Bertz CT molecular complexity index is 649. The summed E-state index contributed by atoms with van der Waals surface area (Å²) >= 11 is 0. The molecule has 0 aliphatic heterocycles. The second-order valence-corrected chi connectivity index (χ2v) is 4.96. The van der Waals surface area contributed by atoms with E-state index in [0.717, 1.165) is 6.08 Å². The van der Waals surface area contributed by atoms with E-state index >= 15 is 0 Å². The normalized spacial score (nSPS) is 12.5. The molecule has 1 rings (SSSR count). The molecule has 0 amide bonds. The van der Waals surface area contributed by atoms with Crippen molar-refractivity contribution < 1.29 is 45.4 Å². The van der Waals surface area contributed by atoms with Gasteiger partial charge in [-0.05, 0) is 24.1 Å². The molecule has 26 heavy (non-hydrogen) atoms. The molecule has 0 N–H and O–H groups in total. The molecule has 0 radical (unpaired) electrons. The van der Waals surface area contributed by atoms with Gasteiger partial charge in [0.1, 0.15) is 0 Å². The van der Waals surface area contributed by atoms with Crippen molar-refractivity contribution in [2.24, 2.45) is 0 Å². The Morgan fingerprint density at radius 3 is 2.27 bits per heavy atom. The SMILES string of the molecule is CCOC(=O)/C=C/c1cccc(CC(=O)OC(C(F)(F)F)C(F)(F)F)c1. The molecule has 10 heteroatoms. The molecule has 0 saturated carbocycles. The third-order valence-electron chi connectivity index (χ3n) is 2.84. The van der Waals surface area contributed by atoms with Gasteiger partial charge < -0.3 is 9.47 Å². The van der Waals surface area contributed by atoms with Gasteiger partial charge in [0.15, 0.2) is 0 Å². The first-order valence-corrected chi connectivity index (χ1v) is 7.20. The number of hydrogen-bond donors (Lipinski definition) is 0. The molecule has 0 atom stereocenters. The van der Waals surface area contributed by atoms with Gasteiger partial charge in [0.25, 0.3) is 6.10 Å². The van der Waals surface area contributed by atoms with Crippen molar-refractivity contribution in [2.75, 3.05) is 6.61 Å². The summed E-state index contributed by atoms with van der Waals surface area (Å²) in [5, 5.41) is 0. The maximum absolute atomic E-state index is 12.4. The fourth-order valence-corrected chi connectivity index (χ4v) is 1.82. The van der Waals surface area contributed by atoms with Gasteiger partial charge in [-0.15, -0.1) is 0 Å². The molecule has 0 aromatic heterocycles. The molecule has 1 aromatic rings. The van der Waals surface area contributed by atoms with E-state index in [4.69, 9.17) is 0 Å². The molecule has 0 fully saturated rings. The lowest BCUT2D eigenvalue weighted by molar-refractivity contribution is -0.313. The molecule has 0 aliphatic carbocycles. The van der Waals surface area contributed by atoms with E-state index in [1.807, 2.05) is 0 Å². The number of hydrogen-bond acceptors (Lipinski definition) is 4. The van der Waals surface area contributed by atoms with Gasteiger partial charge in [-0.2, -0.15) is 26.3 Å². The van der Waals surface area contributed by atoms with E-state index < -0.39 is 36.8 Å². The molecule has 0 saturated heterocycles. The topological polar surface area (TPSA) is 52.6 Å². The lowest BCUT2D eigenvalue weighted by Crippen LogP contribution is -2.45. The van der Waals surface area contributed by atoms with Crippen LogP contribution in [0.5, 0.6) is 0 Å². The van der Waals surface area contributed by atoms with Crippen LogP contribution in [-0.2, 0) is 25.5 Å². The first kappa shape index (κ1) is 21.5. The van der Waals surface area contributed by atoms with Gasteiger partial charge in [0.2, 0.25) is 0 Å². The number of alkyl halides is 6. The molecule has 4 nitrogen and oxygen atoms in total. The first-order chi connectivity index (χ1) is 11.9. The van der Waals surface area contributed by atoms with Gasteiger partial charge in [-0.1, -0.05) is 24.3 Å². The third kappa shape index (κ3) is 7.16. The van der Waals surface area contributed by atoms with E-state index in [1.54, 1.807) is 6.92 Å². The number of benzene rings is 1. The number of esters is 2. The molecule has 1 aromatic carbocycles. The molecule has 144 valence electrons. The number of carbonyl (C=O) groups excluding carboxylic acids is 2. The summed E-state index contributed by atoms with van der Waals surface area (Å²) in [7, 11) is 0. The lowest BCUT2D eigenvalue weighted by Gasteiger charge is -2.22. The summed E-state index contributed by atoms with van der Waals surface area (Å²) in [6.07, 6.45) is -14.1. The second-order valence-electron chi connectivity index (χ2n) is 4.96. The van der Waals surface area contributed by atoms with Gasteiger partial charge in [0, 0.05) is 6.08 Å². The summed E-state index contributed by atoms with van der Waals surface area (Å²) < 4.78 is 82.4. The van der Waals surface area contributed by atoms with Crippen molar-refractivity contribution in [3.05, 3.63) is 41.5 Å². The summed E-state index contributed by atoms with van der Waals surface area (Å²) in [5.41, 5.74) is 0.510. The predicted octanol–water partition coefficient (Wildman–Crippen LogP) is 3.84. The van der Waals surface area contributed by atoms with Crippen molar-refractivity contribution in [1.29, 1.82) is 0 Å². The van der Waals surface area contributed by atoms with E-state index in [2.05, 4.69) is 9.47 Å². The van der Waals surface area contributed by atoms with Crippen LogP contribution in [0.1, 0.15) is 18.1 Å². The third-order valence-corrected chi connectivity index (χ3v) is 2.84. The second kappa shape index (κ2) is 8.72. The minimum atomic E-state index is -5.77. The quantitative estimate of drug-likeness (QED) is 0.425. The number of halogens is 6. The van der Waals surface area contributed by atoms with Crippen LogP contribution in [0.4, 0.5) is 26.3 Å². The highest BCUT2D eigenvalue weighted by Gasteiger charge is 2.59. The van der Waals surface area contributed by atoms with Crippen LogP contribution in [0, 0.1) is 0 Å². The lowest BCUT2D eigenvalue weighted by atomic mass is 10.1. The van der Waals surface area contributed by atoms with Crippen LogP contribution < -0.4 is 0 Å². The van der Waals surface area contributed by atoms with Crippen molar-refractivity contribution in [1.82, 2.24) is 0 Å². The maximum atomic E-state index is 12.4. The average Bonchev–Trinajstić information content (AvgIpc) is 2.49. The van der Waals surface area contributed by atoms with Crippen molar-refractivity contribution in [3.8, 4) is 0 Å². The molecule has 0 spiro atoms. The Balaban J connectivity index is 2.81. The highest BCUT2D eigenvalue weighted by Crippen LogP contribution is 2.35. The van der Waals surface area contributed by atoms with E-state index in [9.17, 15) is 35.9 Å². The molecule has 0 bridgehead atoms. The van der Waals surface area contributed by atoms with Crippen LogP contribution in [0.3, 0.4) is 0 Å². The summed E-state index contributed by atoms with van der Waals surface area (Å²) in [4.78, 5) is 22.7. The van der Waals surface area contributed by atoms with E-state index in [0.29, 0.717) is 5.56 Å². The van der Waals surface area contributed by atoms with Gasteiger partial charge in [-0.25, -0.2) is 4.79 Å². The molecular weight excluding hydrogens is 370 g/mol. The van der Waals surface area contributed by atoms with Gasteiger partial charge in [-0.3, -0.25) is 4.79 Å². The minimum absolute atomic E-state index is 0.115. The van der Waals surface area contributed by atoms with Gasteiger partial charge >= 0.3 is 24.3 Å². The zero-order valence-electron chi connectivity index (χ0n) is 13.4. The summed E-state index contributed by atoms with van der Waals surface area (Å²) in [6, 6.07) is 5.56. The Kier molecular flexibility index (Phi) is 7.22. The highest BCUT2D eigenvalue weighted by atomic mass is 19.4. The van der Waals surface area contributed by atoms with E-state index in [-0.39, 0.29) is 12.2 Å². The summed E-state index contributed by atoms with van der Waals surface area (Å²) in [6.45, 7) is 1.77. The Morgan fingerprint density at radius 2 is 1.73 bits per heavy atom. The first-order valence-electron chi connectivity index (χ1n) is 7.20. The Morgan fingerprint density at radius 1 is 1.12 bits per heavy atom. The largest absolute Gasteiger partial charge is 0.463 e. The highest BCUT2D eigenvalue weighted by molar-refractivity contribution is 5.87. The van der Waals surface area contributed by atoms with Crippen LogP contribution in [0.25, 0.3) is 6.08 Å². The standard InChI is InChI=1S/C16H14F6O4/c1-2-25-12(23)7-6-10-4-3-5-11(8-10)9-13(24)26-14(15(17,18)19)16(20,21)22/h3-8,14H,2,9H2,1H3/b7-6+. The predicted molar refractivity (Wildman–Crippen MR) is 77.8 cm³/mol. The smallest absolute Gasteiger partial charge is 0.434 e. The number of carbonyl (C=O) groups is 2. The average molecular weight is 384 g/mol. The van der Waals surface area contributed by atoms with Crippen molar-refractivity contribution in [3.63, 3.8) is 0 Å². The molecule has 0 aliphatic rings. The summed E-state index contributed by atoms with van der Waals surface area (Å²) in [5.74, 6) is -2.31. The fourth-order valence-electron chi connectivity index (χ4n) is 1.82. The minimum Gasteiger partial charge on any atom is -0.463 e. The van der Waals surface area contributed by atoms with Crippen LogP contribution in [0.2, 0.25) is 0 Å². The Hall–Kier alpha value is -2.52. The molecule has 0 unspecified atom stereocenters. The number of rotatable bonds is 6.